The lowest BCUT2D eigenvalue weighted by atomic mass is 9.92. The lowest BCUT2D eigenvalue weighted by molar-refractivity contribution is 0.0319. The van der Waals surface area contributed by atoms with Crippen molar-refractivity contribution in [1.82, 2.24) is 0 Å². The van der Waals surface area contributed by atoms with E-state index in [0.29, 0.717) is 0 Å². The zero-order valence-corrected chi connectivity index (χ0v) is 10.2. The fraction of sp³-hybridized carbons (Fsp3) is 0.333. The number of benzene rings is 1. The number of hydrogen-bond donors (Lipinski definition) is 1. The third-order valence-electron chi connectivity index (χ3n) is 3.53. The van der Waals surface area contributed by atoms with Gasteiger partial charge in [-0.15, -0.1) is 0 Å². The van der Waals surface area contributed by atoms with Crippen LogP contribution in [0.1, 0.15) is 35.3 Å². The molecule has 3 rings (SSSR count). The summed E-state index contributed by atoms with van der Waals surface area (Å²) in [5, 5.41) is 0. The van der Waals surface area contributed by atoms with E-state index in [0.717, 1.165) is 25.0 Å². The Bertz CT molecular complexity index is 507. The molecule has 2 atom stereocenters. The summed E-state index contributed by atoms with van der Waals surface area (Å²) in [4.78, 5) is 0. The fourth-order valence-electron chi connectivity index (χ4n) is 2.52. The van der Waals surface area contributed by atoms with Crippen molar-refractivity contribution in [2.75, 3.05) is 6.61 Å². The number of ether oxygens (including phenoxy) is 1. The van der Waals surface area contributed by atoms with Gasteiger partial charge in [0.25, 0.3) is 0 Å². The summed E-state index contributed by atoms with van der Waals surface area (Å²) in [7, 11) is 0. The Labute approximate surface area is 107 Å². The maximum absolute atomic E-state index is 6.19. The molecule has 1 aromatic heterocycles. The molecule has 18 heavy (non-hydrogen) atoms. The predicted octanol–water partition coefficient (Wildman–Crippen LogP) is 2.98. The van der Waals surface area contributed by atoms with Gasteiger partial charge in [0.15, 0.2) is 0 Å². The van der Waals surface area contributed by atoms with Crippen LogP contribution in [0, 0.1) is 0 Å². The second-order valence-corrected chi connectivity index (χ2v) is 4.71. The number of furan rings is 1. The van der Waals surface area contributed by atoms with E-state index >= 15 is 0 Å². The predicted molar refractivity (Wildman–Crippen MR) is 69.1 cm³/mol. The Hall–Kier alpha value is -1.58. The van der Waals surface area contributed by atoms with Crippen molar-refractivity contribution in [3.05, 3.63) is 59.5 Å². The first kappa shape index (κ1) is 11.5. The van der Waals surface area contributed by atoms with Gasteiger partial charge in [0.05, 0.1) is 25.2 Å². The second kappa shape index (κ2) is 4.96. The zero-order valence-electron chi connectivity index (χ0n) is 10.2. The van der Waals surface area contributed by atoms with E-state index in [1.807, 2.05) is 6.07 Å². The van der Waals surface area contributed by atoms with Crippen molar-refractivity contribution < 1.29 is 9.15 Å². The summed E-state index contributed by atoms with van der Waals surface area (Å²) in [5.74, 6) is 0. The summed E-state index contributed by atoms with van der Waals surface area (Å²) in [5.41, 5.74) is 9.88. The molecule has 2 heterocycles. The summed E-state index contributed by atoms with van der Waals surface area (Å²) in [6, 6.07) is 10.3. The van der Waals surface area contributed by atoms with Crippen LogP contribution in [-0.4, -0.2) is 6.61 Å². The Kier molecular flexibility index (Phi) is 3.17. The first-order chi connectivity index (χ1) is 8.84. The van der Waals surface area contributed by atoms with Gasteiger partial charge >= 0.3 is 0 Å². The van der Waals surface area contributed by atoms with E-state index in [-0.39, 0.29) is 12.1 Å². The van der Waals surface area contributed by atoms with E-state index in [4.69, 9.17) is 14.9 Å². The van der Waals surface area contributed by atoms with Crippen LogP contribution in [0.2, 0.25) is 0 Å². The Balaban J connectivity index is 1.78. The minimum atomic E-state index is -0.0418. The van der Waals surface area contributed by atoms with Crippen LogP contribution in [0.5, 0.6) is 0 Å². The molecule has 2 unspecified atom stereocenters. The largest absolute Gasteiger partial charge is 0.472 e. The number of fused-ring (bicyclic) bond motifs is 1. The molecule has 0 spiro atoms. The number of hydrogen-bond acceptors (Lipinski definition) is 3. The second-order valence-electron chi connectivity index (χ2n) is 4.71. The van der Waals surface area contributed by atoms with E-state index in [1.54, 1.807) is 12.5 Å². The van der Waals surface area contributed by atoms with E-state index in [9.17, 15) is 0 Å². The van der Waals surface area contributed by atoms with Crippen LogP contribution >= 0.6 is 0 Å². The Morgan fingerprint density at radius 1 is 1.28 bits per heavy atom. The summed E-state index contributed by atoms with van der Waals surface area (Å²) < 4.78 is 10.9. The monoisotopic (exact) mass is 243 g/mol. The van der Waals surface area contributed by atoms with Gasteiger partial charge in [-0.1, -0.05) is 24.3 Å². The van der Waals surface area contributed by atoms with Crippen LogP contribution < -0.4 is 5.73 Å². The molecule has 3 heteroatoms. The highest BCUT2D eigenvalue weighted by Gasteiger charge is 2.23. The van der Waals surface area contributed by atoms with Crippen LogP contribution in [0.25, 0.3) is 0 Å². The quantitative estimate of drug-likeness (QED) is 0.901. The maximum atomic E-state index is 6.19. The van der Waals surface area contributed by atoms with Crippen molar-refractivity contribution in [3.63, 3.8) is 0 Å². The molecule has 0 amide bonds. The number of rotatable bonds is 3. The third kappa shape index (κ3) is 2.19. The highest BCUT2D eigenvalue weighted by Crippen LogP contribution is 2.33. The molecule has 0 fully saturated rings. The minimum absolute atomic E-state index is 0.0418. The van der Waals surface area contributed by atoms with Gasteiger partial charge in [0.2, 0.25) is 0 Å². The van der Waals surface area contributed by atoms with Gasteiger partial charge in [0, 0.05) is 11.6 Å². The summed E-state index contributed by atoms with van der Waals surface area (Å²) in [6.45, 7) is 0.778. The van der Waals surface area contributed by atoms with Gasteiger partial charge < -0.3 is 14.9 Å². The molecule has 1 aliphatic heterocycles. The average molecular weight is 243 g/mol. The molecule has 0 bridgehead atoms. The van der Waals surface area contributed by atoms with Gasteiger partial charge in [-0.05, 0) is 30.0 Å². The van der Waals surface area contributed by atoms with Gasteiger partial charge in [-0.25, -0.2) is 0 Å². The van der Waals surface area contributed by atoms with Crippen LogP contribution in [0.15, 0.2) is 47.3 Å². The molecule has 0 saturated carbocycles. The molecule has 2 aromatic rings. The Morgan fingerprint density at radius 2 is 2.17 bits per heavy atom. The van der Waals surface area contributed by atoms with E-state index in [1.165, 1.54) is 11.1 Å². The van der Waals surface area contributed by atoms with Crippen molar-refractivity contribution in [3.8, 4) is 0 Å². The first-order valence-electron chi connectivity index (χ1n) is 6.31. The highest BCUT2D eigenvalue weighted by atomic mass is 16.5. The molecular weight excluding hydrogens is 226 g/mol. The average Bonchev–Trinajstić information content (AvgIpc) is 2.93. The van der Waals surface area contributed by atoms with Crippen molar-refractivity contribution in [2.45, 2.75) is 25.0 Å². The molecule has 0 radical (unpaired) electrons. The topological polar surface area (TPSA) is 48.4 Å². The first-order valence-corrected chi connectivity index (χ1v) is 6.31. The van der Waals surface area contributed by atoms with E-state index in [2.05, 4.69) is 24.3 Å². The third-order valence-corrected chi connectivity index (χ3v) is 3.53. The highest BCUT2D eigenvalue weighted by molar-refractivity contribution is 5.31. The molecule has 3 nitrogen and oxygen atoms in total. The van der Waals surface area contributed by atoms with Gasteiger partial charge in [-0.3, -0.25) is 0 Å². The lowest BCUT2D eigenvalue weighted by Crippen LogP contribution is -2.21. The van der Waals surface area contributed by atoms with Gasteiger partial charge in [-0.2, -0.15) is 0 Å². The summed E-state index contributed by atoms with van der Waals surface area (Å²) in [6.07, 6.45) is 5.24. The molecular formula is C15H17NO2. The molecule has 1 aromatic carbocycles. The summed E-state index contributed by atoms with van der Waals surface area (Å²) >= 11 is 0. The molecule has 0 aliphatic carbocycles. The number of nitrogens with two attached hydrogens (primary N) is 1. The zero-order chi connectivity index (χ0) is 12.4. The Morgan fingerprint density at radius 3 is 3.00 bits per heavy atom. The van der Waals surface area contributed by atoms with Crippen LogP contribution in [0.4, 0.5) is 0 Å². The molecule has 94 valence electrons. The minimum Gasteiger partial charge on any atom is -0.472 e. The van der Waals surface area contributed by atoms with Gasteiger partial charge in [0.1, 0.15) is 0 Å². The molecule has 1 aliphatic rings. The van der Waals surface area contributed by atoms with Crippen LogP contribution in [-0.2, 0) is 11.2 Å². The van der Waals surface area contributed by atoms with Crippen LogP contribution in [0.3, 0.4) is 0 Å². The van der Waals surface area contributed by atoms with Crippen molar-refractivity contribution >= 4 is 0 Å². The molecule has 2 N–H and O–H groups in total. The van der Waals surface area contributed by atoms with Crippen molar-refractivity contribution in [2.24, 2.45) is 5.73 Å². The SMILES string of the molecule is NC(CC1OCCc2ccccc21)c1ccoc1. The van der Waals surface area contributed by atoms with E-state index < -0.39 is 0 Å². The maximum Gasteiger partial charge on any atom is 0.0950 e. The fourth-order valence-corrected chi connectivity index (χ4v) is 2.52. The normalized spacial score (nSPS) is 20.4. The smallest absolute Gasteiger partial charge is 0.0950 e. The molecule has 0 saturated heterocycles. The lowest BCUT2D eigenvalue weighted by Gasteiger charge is -2.27. The standard InChI is InChI=1S/C15H17NO2/c16-14(12-5-7-17-10-12)9-15-13-4-2-1-3-11(13)6-8-18-15/h1-5,7,10,14-15H,6,8-9,16H2. The van der Waals surface area contributed by atoms with Crippen molar-refractivity contribution in [1.29, 1.82) is 0 Å².